The summed E-state index contributed by atoms with van der Waals surface area (Å²) in [6, 6.07) is 5.95. The SMILES string of the molecule is Cc1ccc(C)c(C(=O)COC(C)CC(C)C)c1. The molecule has 0 aliphatic rings. The van der Waals surface area contributed by atoms with Gasteiger partial charge in [0.25, 0.3) is 0 Å². The molecule has 1 aromatic carbocycles. The van der Waals surface area contributed by atoms with Crippen LogP contribution in [0, 0.1) is 19.8 Å². The third-order valence-corrected chi connectivity index (χ3v) is 3.00. The van der Waals surface area contributed by atoms with E-state index in [0.717, 1.165) is 23.1 Å². The smallest absolute Gasteiger partial charge is 0.188 e. The van der Waals surface area contributed by atoms with Crippen molar-refractivity contribution in [2.45, 2.75) is 47.1 Å². The number of carbonyl (C=O) groups excluding carboxylic acids is 1. The highest BCUT2D eigenvalue weighted by molar-refractivity contribution is 5.98. The Morgan fingerprint density at radius 3 is 2.50 bits per heavy atom. The van der Waals surface area contributed by atoms with E-state index in [2.05, 4.69) is 13.8 Å². The maximum Gasteiger partial charge on any atom is 0.188 e. The molecule has 0 saturated heterocycles. The lowest BCUT2D eigenvalue weighted by Crippen LogP contribution is -2.18. The monoisotopic (exact) mass is 248 g/mol. The fourth-order valence-electron chi connectivity index (χ4n) is 2.06. The second kappa shape index (κ2) is 6.69. The summed E-state index contributed by atoms with van der Waals surface area (Å²) in [6.07, 6.45) is 1.12. The summed E-state index contributed by atoms with van der Waals surface area (Å²) in [4.78, 5) is 12.1. The second-order valence-electron chi connectivity index (χ2n) is 5.49. The minimum absolute atomic E-state index is 0.0757. The molecular formula is C16H24O2. The molecule has 0 amide bonds. The predicted molar refractivity (Wildman–Crippen MR) is 75.1 cm³/mol. The lowest BCUT2D eigenvalue weighted by Gasteiger charge is -2.15. The van der Waals surface area contributed by atoms with Crippen molar-refractivity contribution in [3.8, 4) is 0 Å². The van der Waals surface area contributed by atoms with Gasteiger partial charge in [-0.3, -0.25) is 4.79 Å². The van der Waals surface area contributed by atoms with Crippen LogP contribution in [0.15, 0.2) is 18.2 Å². The number of hydrogen-bond donors (Lipinski definition) is 0. The Kier molecular flexibility index (Phi) is 5.54. The van der Waals surface area contributed by atoms with E-state index in [4.69, 9.17) is 4.74 Å². The molecule has 0 radical (unpaired) electrons. The molecule has 0 N–H and O–H groups in total. The largest absolute Gasteiger partial charge is 0.370 e. The first kappa shape index (κ1) is 14.9. The number of hydrogen-bond acceptors (Lipinski definition) is 2. The van der Waals surface area contributed by atoms with Crippen molar-refractivity contribution >= 4 is 5.78 Å². The third kappa shape index (κ3) is 4.61. The summed E-state index contributed by atoms with van der Waals surface area (Å²) >= 11 is 0. The van der Waals surface area contributed by atoms with E-state index >= 15 is 0 Å². The van der Waals surface area contributed by atoms with Gasteiger partial charge >= 0.3 is 0 Å². The molecule has 0 spiro atoms. The van der Waals surface area contributed by atoms with Crippen molar-refractivity contribution in [2.75, 3.05) is 6.61 Å². The zero-order chi connectivity index (χ0) is 13.7. The van der Waals surface area contributed by atoms with E-state index in [0.29, 0.717) is 5.92 Å². The minimum Gasteiger partial charge on any atom is -0.370 e. The van der Waals surface area contributed by atoms with Crippen molar-refractivity contribution < 1.29 is 9.53 Å². The standard InChI is InChI=1S/C16H24O2/c1-11(2)8-14(5)18-10-16(17)15-9-12(3)6-7-13(15)4/h6-7,9,11,14H,8,10H2,1-5H3. The second-order valence-corrected chi connectivity index (χ2v) is 5.49. The third-order valence-electron chi connectivity index (χ3n) is 3.00. The van der Waals surface area contributed by atoms with Crippen molar-refractivity contribution in [3.63, 3.8) is 0 Å². The Balaban J connectivity index is 2.58. The number of ketones is 1. The lowest BCUT2D eigenvalue weighted by atomic mass is 10.0. The molecule has 0 aliphatic carbocycles. The molecule has 0 heterocycles. The first-order chi connectivity index (χ1) is 8.40. The number of benzene rings is 1. The zero-order valence-corrected chi connectivity index (χ0v) is 12.1. The van der Waals surface area contributed by atoms with Crippen LogP contribution in [0.1, 0.15) is 48.7 Å². The maximum absolute atomic E-state index is 12.1. The highest BCUT2D eigenvalue weighted by Crippen LogP contribution is 2.13. The molecule has 2 nitrogen and oxygen atoms in total. The number of Topliss-reactive ketones (excluding diaryl/α,β-unsaturated/α-hetero) is 1. The molecular weight excluding hydrogens is 224 g/mol. The van der Waals surface area contributed by atoms with Crippen LogP contribution in [0.25, 0.3) is 0 Å². The van der Waals surface area contributed by atoms with Crippen molar-refractivity contribution in [1.29, 1.82) is 0 Å². The van der Waals surface area contributed by atoms with Crippen LogP contribution >= 0.6 is 0 Å². The van der Waals surface area contributed by atoms with E-state index in [1.165, 1.54) is 0 Å². The molecule has 0 aliphatic heterocycles. The molecule has 2 heteroatoms. The van der Waals surface area contributed by atoms with Gasteiger partial charge in [0.1, 0.15) is 6.61 Å². The van der Waals surface area contributed by atoms with Crippen LogP contribution in [0.4, 0.5) is 0 Å². The average molecular weight is 248 g/mol. The van der Waals surface area contributed by atoms with Gasteiger partial charge < -0.3 is 4.74 Å². The summed E-state index contributed by atoms with van der Waals surface area (Å²) < 4.78 is 5.61. The van der Waals surface area contributed by atoms with Crippen LogP contribution in [0.5, 0.6) is 0 Å². The Bertz CT molecular complexity index is 408. The van der Waals surface area contributed by atoms with Gasteiger partial charge in [0.2, 0.25) is 0 Å². The van der Waals surface area contributed by atoms with Crippen molar-refractivity contribution in [3.05, 3.63) is 34.9 Å². The predicted octanol–water partition coefficient (Wildman–Crippen LogP) is 3.94. The molecule has 1 rings (SSSR count). The Labute approximate surface area is 110 Å². The van der Waals surface area contributed by atoms with E-state index in [9.17, 15) is 4.79 Å². The van der Waals surface area contributed by atoms with Crippen molar-refractivity contribution in [2.24, 2.45) is 5.92 Å². The highest BCUT2D eigenvalue weighted by Gasteiger charge is 2.12. The van der Waals surface area contributed by atoms with Crippen LogP contribution < -0.4 is 0 Å². The minimum atomic E-state index is 0.0757. The number of aryl methyl sites for hydroxylation is 2. The van der Waals surface area contributed by atoms with Gasteiger partial charge in [0.15, 0.2) is 5.78 Å². The van der Waals surface area contributed by atoms with E-state index in [-0.39, 0.29) is 18.5 Å². The van der Waals surface area contributed by atoms with Crippen LogP contribution in [-0.4, -0.2) is 18.5 Å². The molecule has 1 atom stereocenters. The van der Waals surface area contributed by atoms with Gasteiger partial charge in [-0.1, -0.05) is 31.5 Å². The maximum atomic E-state index is 12.1. The highest BCUT2D eigenvalue weighted by atomic mass is 16.5. The fraction of sp³-hybridized carbons (Fsp3) is 0.562. The van der Waals surface area contributed by atoms with Crippen LogP contribution in [-0.2, 0) is 4.74 Å². The summed E-state index contributed by atoms with van der Waals surface area (Å²) in [6.45, 7) is 10.5. The molecule has 100 valence electrons. The van der Waals surface area contributed by atoms with Gasteiger partial charge in [-0.2, -0.15) is 0 Å². The van der Waals surface area contributed by atoms with Gasteiger partial charge in [-0.05, 0) is 44.7 Å². The summed E-state index contributed by atoms with van der Waals surface area (Å²) in [5, 5.41) is 0. The number of carbonyl (C=O) groups is 1. The molecule has 1 unspecified atom stereocenters. The van der Waals surface area contributed by atoms with E-state index < -0.39 is 0 Å². The summed E-state index contributed by atoms with van der Waals surface area (Å²) in [7, 11) is 0. The molecule has 1 aromatic rings. The van der Waals surface area contributed by atoms with Gasteiger partial charge in [0.05, 0.1) is 6.10 Å². The Hall–Kier alpha value is -1.15. The van der Waals surface area contributed by atoms with Crippen molar-refractivity contribution in [1.82, 2.24) is 0 Å². The average Bonchev–Trinajstić information content (AvgIpc) is 2.28. The normalized spacial score (nSPS) is 12.8. The van der Waals surface area contributed by atoms with Crippen LogP contribution in [0.2, 0.25) is 0 Å². The number of ether oxygens (including phenoxy) is 1. The Morgan fingerprint density at radius 2 is 1.89 bits per heavy atom. The lowest BCUT2D eigenvalue weighted by molar-refractivity contribution is 0.0444. The van der Waals surface area contributed by atoms with E-state index in [1.54, 1.807) is 0 Å². The topological polar surface area (TPSA) is 26.3 Å². The molecule has 18 heavy (non-hydrogen) atoms. The summed E-state index contributed by atoms with van der Waals surface area (Å²) in [5.74, 6) is 0.669. The fourth-order valence-corrected chi connectivity index (χ4v) is 2.06. The first-order valence-electron chi connectivity index (χ1n) is 6.62. The molecule has 0 aromatic heterocycles. The first-order valence-corrected chi connectivity index (χ1v) is 6.62. The van der Waals surface area contributed by atoms with E-state index in [1.807, 2.05) is 39.0 Å². The number of rotatable bonds is 6. The van der Waals surface area contributed by atoms with Gasteiger partial charge in [-0.25, -0.2) is 0 Å². The molecule has 0 bridgehead atoms. The quantitative estimate of drug-likeness (QED) is 0.713. The Morgan fingerprint density at radius 1 is 1.22 bits per heavy atom. The van der Waals surface area contributed by atoms with Gasteiger partial charge in [-0.15, -0.1) is 0 Å². The molecule has 0 fully saturated rings. The summed E-state index contributed by atoms with van der Waals surface area (Å²) in [5.41, 5.74) is 2.91. The zero-order valence-electron chi connectivity index (χ0n) is 12.1. The van der Waals surface area contributed by atoms with Gasteiger partial charge in [0, 0.05) is 5.56 Å². The molecule has 0 saturated carbocycles. The van der Waals surface area contributed by atoms with Crippen LogP contribution in [0.3, 0.4) is 0 Å².